The number of hydrogen-bond acceptors (Lipinski definition) is 5. The van der Waals surface area contributed by atoms with Crippen molar-refractivity contribution in [3.05, 3.63) is 53.5 Å². The van der Waals surface area contributed by atoms with Crippen molar-refractivity contribution in [2.75, 3.05) is 32.1 Å². The van der Waals surface area contributed by atoms with Crippen LogP contribution in [0, 0.1) is 29.5 Å². The lowest BCUT2D eigenvalue weighted by atomic mass is 10.00. The van der Waals surface area contributed by atoms with Gasteiger partial charge in [0.05, 0.1) is 24.9 Å². The third-order valence-corrected chi connectivity index (χ3v) is 5.94. The van der Waals surface area contributed by atoms with Crippen LogP contribution in [-0.4, -0.2) is 70.7 Å². The van der Waals surface area contributed by atoms with E-state index in [1.54, 1.807) is 43.3 Å². The summed E-state index contributed by atoms with van der Waals surface area (Å²) in [6.45, 7) is 7.87. The number of likely N-dealkylation sites (N-methyl/N-ethyl adjacent to an activating group) is 1. The fraction of sp³-hybridized carbons (Fsp3) is 0.444. The predicted octanol–water partition coefficient (Wildman–Crippen LogP) is 3.61. The highest BCUT2D eigenvalue weighted by molar-refractivity contribution is 5.97. The van der Waals surface area contributed by atoms with Crippen LogP contribution in [0.4, 0.5) is 14.9 Å². The summed E-state index contributed by atoms with van der Waals surface area (Å²) >= 11 is 0. The Bertz CT molecular complexity index is 1160. The minimum Gasteiger partial charge on any atom is -0.472 e. The Morgan fingerprint density at radius 2 is 2.08 bits per heavy atom. The zero-order valence-corrected chi connectivity index (χ0v) is 21.3. The van der Waals surface area contributed by atoms with Crippen molar-refractivity contribution in [2.24, 2.45) is 11.8 Å². The van der Waals surface area contributed by atoms with Gasteiger partial charge in [-0.05, 0) is 25.1 Å². The van der Waals surface area contributed by atoms with Gasteiger partial charge in [-0.2, -0.15) is 0 Å². The van der Waals surface area contributed by atoms with E-state index in [0.29, 0.717) is 12.1 Å². The molecule has 0 saturated carbocycles. The zero-order chi connectivity index (χ0) is 26.4. The molecule has 0 fully saturated rings. The number of carbonyl (C=O) groups is 2. The third kappa shape index (κ3) is 6.52. The Morgan fingerprint density at radius 1 is 1.36 bits per heavy atom. The first-order chi connectivity index (χ1) is 17.1. The number of urea groups is 1. The van der Waals surface area contributed by atoms with Gasteiger partial charge in [0.25, 0.3) is 5.91 Å². The summed E-state index contributed by atoms with van der Waals surface area (Å²) in [5.74, 6) is 5.34. The van der Waals surface area contributed by atoms with Crippen molar-refractivity contribution in [3.8, 4) is 17.7 Å². The van der Waals surface area contributed by atoms with Gasteiger partial charge in [-0.1, -0.05) is 44.7 Å². The molecule has 36 heavy (non-hydrogen) atoms. The number of aliphatic hydroxyl groups excluding tert-OH is 1. The molecule has 8 nitrogen and oxygen atoms in total. The molecule has 3 atom stereocenters. The monoisotopic (exact) mass is 496 g/mol. The van der Waals surface area contributed by atoms with Gasteiger partial charge in [0, 0.05) is 37.2 Å². The molecule has 9 heteroatoms. The SMILES string of the molecule is CC(C)C#Cc1cnc2c(c1)C(=O)N([C@@H](C)CO)C[C@@H](C)[C@@H](CN(C)C(=O)Nc1ccccc1F)O2. The standard InChI is InChI=1S/C27H33FN4O4/c1-17(2)10-11-20-12-21-25(29-13-20)36-24(18(3)14-32(26(21)34)19(4)16-33)15-31(5)27(35)30-23-9-7-6-8-22(23)28/h6-9,12-13,17-19,24,33H,14-16H2,1-5H3,(H,30,35)/t18-,19+,24-/m1/s1. The van der Waals surface area contributed by atoms with Crippen LogP contribution in [0.3, 0.4) is 0 Å². The van der Waals surface area contributed by atoms with Gasteiger partial charge in [0.2, 0.25) is 5.88 Å². The molecule has 3 amide bonds. The Balaban J connectivity index is 1.89. The third-order valence-electron chi connectivity index (χ3n) is 5.94. The number of halogens is 1. The lowest BCUT2D eigenvalue weighted by molar-refractivity contribution is 0.0356. The van der Waals surface area contributed by atoms with Crippen LogP contribution in [0.5, 0.6) is 5.88 Å². The van der Waals surface area contributed by atoms with Crippen molar-refractivity contribution in [2.45, 2.75) is 39.8 Å². The molecule has 1 aromatic carbocycles. The molecule has 1 aromatic heterocycles. The maximum absolute atomic E-state index is 14.0. The molecule has 0 aliphatic carbocycles. The van der Waals surface area contributed by atoms with Crippen molar-refractivity contribution >= 4 is 17.6 Å². The second kappa shape index (κ2) is 11.9. The molecule has 0 saturated heterocycles. The number of anilines is 1. The Morgan fingerprint density at radius 3 is 2.75 bits per heavy atom. The molecule has 1 aliphatic rings. The number of fused-ring (bicyclic) bond motifs is 1. The van der Waals surface area contributed by atoms with E-state index in [2.05, 4.69) is 22.1 Å². The van der Waals surface area contributed by atoms with E-state index >= 15 is 0 Å². The lowest BCUT2D eigenvalue weighted by Gasteiger charge is -2.37. The molecule has 192 valence electrons. The van der Waals surface area contributed by atoms with E-state index < -0.39 is 24.0 Å². The van der Waals surface area contributed by atoms with Gasteiger partial charge in [-0.3, -0.25) is 4.79 Å². The van der Waals surface area contributed by atoms with Crippen LogP contribution >= 0.6 is 0 Å². The second-order valence-corrected chi connectivity index (χ2v) is 9.41. The van der Waals surface area contributed by atoms with Crippen LogP contribution in [0.25, 0.3) is 0 Å². The molecule has 2 aromatic rings. The van der Waals surface area contributed by atoms with E-state index in [-0.39, 0.29) is 48.0 Å². The summed E-state index contributed by atoms with van der Waals surface area (Å²) in [6, 6.07) is 6.65. The molecule has 0 bridgehead atoms. The van der Waals surface area contributed by atoms with Gasteiger partial charge in [-0.15, -0.1) is 0 Å². The normalized spacial score (nSPS) is 18.2. The number of amides is 3. The van der Waals surface area contributed by atoms with E-state index in [9.17, 15) is 19.1 Å². The molecule has 3 rings (SSSR count). The number of aromatic nitrogens is 1. The van der Waals surface area contributed by atoms with E-state index in [0.717, 1.165) is 0 Å². The van der Waals surface area contributed by atoms with Crippen LogP contribution in [0.15, 0.2) is 36.5 Å². The molecule has 1 aliphatic heterocycles. The highest BCUT2D eigenvalue weighted by atomic mass is 19.1. The van der Waals surface area contributed by atoms with Crippen molar-refractivity contribution in [3.63, 3.8) is 0 Å². The number of aliphatic hydroxyl groups is 1. The van der Waals surface area contributed by atoms with Crippen LogP contribution in [-0.2, 0) is 0 Å². The molecular weight excluding hydrogens is 463 g/mol. The average Bonchev–Trinajstić information content (AvgIpc) is 2.85. The first kappa shape index (κ1) is 27.0. The summed E-state index contributed by atoms with van der Waals surface area (Å²) in [5, 5.41) is 12.4. The van der Waals surface area contributed by atoms with Crippen LogP contribution in [0.1, 0.15) is 43.6 Å². The van der Waals surface area contributed by atoms with Gasteiger partial charge in [0.15, 0.2) is 0 Å². The van der Waals surface area contributed by atoms with Crippen LogP contribution < -0.4 is 10.1 Å². The summed E-state index contributed by atoms with van der Waals surface area (Å²) in [6.07, 6.45) is 1.03. The van der Waals surface area contributed by atoms with Gasteiger partial charge < -0.3 is 25.0 Å². The Hall–Kier alpha value is -3.64. The molecular formula is C27H33FN4O4. The smallest absolute Gasteiger partial charge is 0.321 e. The summed E-state index contributed by atoms with van der Waals surface area (Å²) in [5.41, 5.74) is 0.917. The summed E-state index contributed by atoms with van der Waals surface area (Å²) < 4.78 is 20.2. The first-order valence-corrected chi connectivity index (χ1v) is 12.0. The molecule has 2 heterocycles. The number of para-hydroxylation sites is 1. The Labute approximate surface area is 211 Å². The van der Waals surface area contributed by atoms with Gasteiger partial charge in [0.1, 0.15) is 17.5 Å². The highest BCUT2D eigenvalue weighted by Crippen LogP contribution is 2.27. The second-order valence-electron chi connectivity index (χ2n) is 9.41. The summed E-state index contributed by atoms with van der Waals surface area (Å²) in [7, 11) is 1.59. The number of carbonyl (C=O) groups excluding carboxylic acids is 2. The highest BCUT2D eigenvalue weighted by Gasteiger charge is 2.34. The van der Waals surface area contributed by atoms with Crippen LogP contribution in [0.2, 0.25) is 0 Å². The number of nitrogens with one attached hydrogen (secondary N) is 1. The van der Waals surface area contributed by atoms with Crippen molar-refractivity contribution < 1.29 is 23.8 Å². The van der Waals surface area contributed by atoms with Gasteiger partial charge >= 0.3 is 6.03 Å². The zero-order valence-electron chi connectivity index (χ0n) is 21.3. The van der Waals surface area contributed by atoms with Gasteiger partial charge in [-0.25, -0.2) is 14.2 Å². The minimum atomic E-state index is -0.531. The number of pyridine rings is 1. The Kier molecular flexibility index (Phi) is 8.88. The summed E-state index contributed by atoms with van der Waals surface area (Å²) in [4.78, 5) is 33.6. The van der Waals surface area contributed by atoms with Crippen molar-refractivity contribution in [1.29, 1.82) is 0 Å². The van der Waals surface area contributed by atoms with E-state index in [4.69, 9.17) is 4.74 Å². The fourth-order valence-electron chi connectivity index (χ4n) is 3.74. The average molecular weight is 497 g/mol. The van der Waals surface area contributed by atoms with E-state index in [1.807, 2.05) is 20.8 Å². The first-order valence-electron chi connectivity index (χ1n) is 12.0. The maximum atomic E-state index is 14.0. The quantitative estimate of drug-likeness (QED) is 0.617. The molecule has 2 N–H and O–H groups in total. The molecule has 0 radical (unpaired) electrons. The molecule has 0 unspecified atom stereocenters. The lowest BCUT2D eigenvalue weighted by Crippen LogP contribution is -2.50. The van der Waals surface area contributed by atoms with Crippen molar-refractivity contribution in [1.82, 2.24) is 14.8 Å². The minimum absolute atomic E-state index is 0.0802. The number of nitrogens with zero attached hydrogens (tertiary/aromatic N) is 3. The predicted molar refractivity (Wildman–Crippen MR) is 135 cm³/mol. The topological polar surface area (TPSA) is 95.0 Å². The number of hydrogen-bond donors (Lipinski definition) is 2. The van der Waals surface area contributed by atoms with E-state index in [1.165, 1.54) is 17.0 Å². The maximum Gasteiger partial charge on any atom is 0.321 e. The molecule has 0 spiro atoms. The number of ether oxygens (including phenoxy) is 1. The fourth-order valence-corrected chi connectivity index (χ4v) is 3.74. The number of rotatable bonds is 5. The largest absolute Gasteiger partial charge is 0.472 e. The number of benzene rings is 1.